The number of benzene rings is 1. The summed E-state index contributed by atoms with van der Waals surface area (Å²) in [4.78, 5) is 20.8. The molecule has 0 aliphatic heterocycles. The number of carbonyl (C=O) groups excluding carboxylic acids is 1. The average molecular weight is 317 g/mol. The zero-order valence-electron chi connectivity index (χ0n) is 12.4. The largest absolute Gasteiger partial charge is 0.507 e. The molecule has 6 nitrogen and oxygen atoms in total. The number of hydrogen-bond donors (Lipinski definition) is 1. The molecule has 6 heteroatoms. The highest BCUT2D eigenvalue weighted by atomic mass is 16.5. The first kappa shape index (κ1) is 14.1. The lowest BCUT2D eigenvalue weighted by molar-refractivity contribution is 0.103. The fraction of sp³-hybridized carbons (Fsp3) is 0. The van der Waals surface area contributed by atoms with E-state index in [9.17, 15) is 9.90 Å². The van der Waals surface area contributed by atoms with Crippen molar-refractivity contribution in [1.29, 1.82) is 0 Å². The monoisotopic (exact) mass is 317 g/mol. The third-order valence-corrected chi connectivity index (χ3v) is 3.69. The molecule has 0 bridgehead atoms. The highest BCUT2D eigenvalue weighted by Gasteiger charge is 2.17. The van der Waals surface area contributed by atoms with Crippen molar-refractivity contribution >= 4 is 16.9 Å². The number of ketones is 1. The quantitative estimate of drug-likeness (QED) is 0.584. The fourth-order valence-corrected chi connectivity index (χ4v) is 2.50. The van der Waals surface area contributed by atoms with E-state index < -0.39 is 0 Å². The highest BCUT2D eigenvalue weighted by Crippen LogP contribution is 2.28. The van der Waals surface area contributed by atoms with Crippen molar-refractivity contribution in [3.8, 4) is 17.0 Å². The Balaban J connectivity index is 1.84. The van der Waals surface area contributed by atoms with E-state index in [1.165, 1.54) is 12.3 Å². The van der Waals surface area contributed by atoms with E-state index >= 15 is 0 Å². The third kappa shape index (κ3) is 2.30. The van der Waals surface area contributed by atoms with Crippen LogP contribution in [0.5, 0.6) is 5.75 Å². The zero-order valence-corrected chi connectivity index (χ0v) is 12.4. The van der Waals surface area contributed by atoms with Crippen LogP contribution >= 0.6 is 0 Å². The molecule has 3 aromatic heterocycles. The van der Waals surface area contributed by atoms with Gasteiger partial charge in [-0.1, -0.05) is 17.3 Å². The Morgan fingerprint density at radius 3 is 2.67 bits per heavy atom. The minimum absolute atomic E-state index is 0.0673. The number of aromatic nitrogens is 3. The molecule has 116 valence electrons. The van der Waals surface area contributed by atoms with Gasteiger partial charge in [0.2, 0.25) is 0 Å². The lowest BCUT2D eigenvalue weighted by atomic mass is 10.0. The van der Waals surface area contributed by atoms with Crippen molar-refractivity contribution in [3.63, 3.8) is 0 Å². The van der Waals surface area contributed by atoms with Gasteiger partial charge >= 0.3 is 0 Å². The van der Waals surface area contributed by atoms with E-state index in [1.54, 1.807) is 48.8 Å². The number of nitrogens with zero attached hydrogens (tertiary/aromatic N) is 3. The first-order chi connectivity index (χ1) is 11.7. The van der Waals surface area contributed by atoms with E-state index in [1.807, 2.05) is 0 Å². The summed E-state index contributed by atoms with van der Waals surface area (Å²) in [5.41, 5.74) is 2.32. The van der Waals surface area contributed by atoms with Gasteiger partial charge in [0, 0.05) is 29.7 Å². The molecule has 0 radical (unpaired) electrons. The van der Waals surface area contributed by atoms with Gasteiger partial charge in [-0.05, 0) is 30.3 Å². The molecule has 0 atom stereocenters. The van der Waals surface area contributed by atoms with Crippen LogP contribution in [0.15, 0.2) is 65.6 Å². The minimum atomic E-state index is -0.315. The third-order valence-electron chi connectivity index (χ3n) is 3.69. The number of carbonyl (C=O) groups is 1. The lowest BCUT2D eigenvalue weighted by Gasteiger charge is -2.03. The van der Waals surface area contributed by atoms with Crippen molar-refractivity contribution in [2.45, 2.75) is 0 Å². The van der Waals surface area contributed by atoms with Gasteiger partial charge < -0.3 is 9.63 Å². The van der Waals surface area contributed by atoms with E-state index in [2.05, 4.69) is 15.1 Å². The van der Waals surface area contributed by atoms with Crippen molar-refractivity contribution in [3.05, 3.63) is 72.2 Å². The summed E-state index contributed by atoms with van der Waals surface area (Å²) in [5, 5.41) is 14.5. The predicted octanol–water partition coefficient (Wildman–Crippen LogP) is 3.22. The van der Waals surface area contributed by atoms with Crippen LogP contribution in [0, 0.1) is 0 Å². The molecule has 0 saturated heterocycles. The van der Waals surface area contributed by atoms with Crippen LogP contribution in [0.25, 0.3) is 22.4 Å². The van der Waals surface area contributed by atoms with E-state index in [-0.39, 0.29) is 17.1 Å². The van der Waals surface area contributed by atoms with Gasteiger partial charge in [-0.2, -0.15) is 0 Å². The maximum Gasteiger partial charge on any atom is 0.258 e. The van der Waals surface area contributed by atoms with Gasteiger partial charge in [-0.15, -0.1) is 0 Å². The summed E-state index contributed by atoms with van der Waals surface area (Å²) in [7, 11) is 0. The SMILES string of the molecule is O=C(c1cnc2onc(-c3ccncc3)c2c1)c1ccccc1O. The number of phenols is 1. The predicted molar refractivity (Wildman–Crippen MR) is 86.6 cm³/mol. The molecule has 24 heavy (non-hydrogen) atoms. The molecule has 3 heterocycles. The Morgan fingerprint density at radius 1 is 1.08 bits per heavy atom. The standard InChI is InChI=1S/C18H11N3O3/c22-15-4-2-1-3-13(15)17(23)12-9-14-16(11-5-7-19-8-6-11)21-24-18(14)20-10-12/h1-10,22H. The second-order valence-electron chi connectivity index (χ2n) is 5.19. The Labute approximate surface area is 136 Å². The minimum Gasteiger partial charge on any atom is -0.507 e. The van der Waals surface area contributed by atoms with Gasteiger partial charge in [0.15, 0.2) is 5.78 Å². The molecule has 4 aromatic rings. The molecule has 0 fully saturated rings. The smallest absolute Gasteiger partial charge is 0.258 e. The number of pyridine rings is 2. The number of rotatable bonds is 3. The van der Waals surface area contributed by atoms with Crippen LogP contribution in [-0.4, -0.2) is 26.0 Å². The van der Waals surface area contributed by atoms with Crippen LogP contribution in [-0.2, 0) is 0 Å². The Bertz CT molecular complexity index is 1040. The summed E-state index contributed by atoms with van der Waals surface area (Å²) < 4.78 is 5.23. The molecule has 1 N–H and O–H groups in total. The molecule has 1 aromatic carbocycles. The van der Waals surface area contributed by atoms with Crippen LogP contribution in [0.3, 0.4) is 0 Å². The van der Waals surface area contributed by atoms with Crippen molar-refractivity contribution in [1.82, 2.24) is 15.1 Å². The second kappa shape index (κ2) is 5.58. The molecule has 0 aliphatic carbocycles. The van der Waals surface area contributed by atoms with Crippen molar-refractivity contribution in [2.75, 3.05) is 0 Å². The maximum absolute atomic E-state index is 12.6. The van der Waals surface area contributed by atoms with E-state index in [0.29, 0.717) is 22.4 Å². The Morgan fingerprint density at radius 2 is 1.88 bits per heavy atom. The summed E-state index contributed by atoms with van der Waals surface area (Å²) in [6.45, 7) is 0. The average Bonchev–Trinajstić information content (AvgIpc) is 3.05. The zero-order chi connectivity index (χ0) is 16.5. The first-order valence-electron chi connectivity index (χ1n) is 7.22. The van der Waals surface area contributed by atoms with Gasteiger partial charge in [0.25, 0.3) is 5.71 Å². The molecule has 0 spiro atoms. The van der Waals surface area contributed by atoms with Crippen LogP contribution in [0.2, 0.25) is 0 Å². The van der Waals surface area contributed by atoms with E-state index in [4.69, 9.17) is 4.52 Å². The lowest BCUT2D eigenvalue weighted by Crippen LogP contribution is -2.02. The maximum atomic E-state index is 12.6. The number of fused-ring (bicyclic) bond motifs is 1. The van der Waals surface area contributed by atoms with Gasteiger partial charge in [0.1, 0.15) is 11.4 Å². The fourth-order valence-electron chi connectivity index (χ4n) is 2.50. The molecular weight excluding hydrogens is 306 g/mol. The van der Waals surface area contributed by atoms with Crippen LogP contribution in [0.1, 0.15) is 15.9 Å². The summed E-state index contributed by atoms with van der Waals surface area (Å²) in [6.07, 6.45) is 4.72. The van der Waals surface area contributed by atoms with Crippen molar-refractivity contribution in [2.24, 2.45) is 0 Å². The highest BCUT2D eigenvalue weighted by molar-refractivity contribution is 6.12. The molecule has 0 amide bonds. The summed E-state index contributed by atoms with van der Waals surface area (Å²) in [5.74, 6) is -0.383. The molecule has 0 saturated carbocycles. The van der Waals surface area contributed by atoms with E-state index in [0.717, 1.165) is 5.56 Å². The molecule has 0 aliphatic rings. The molecule has 4 rings (SSSR count). The second-order valence-corrected chi connectivity index (χ2v) is 5.19. The topological polar surface area (TPSA) is 89.1 Å². The summed E-state index contributed by atoms with van der Waals surface area (Å²) in [6, 6.07) is 11.7. The van der Waals surface area contributed by atoms with Gasteiger partial charge in [0.05, 0.1) is 10.9 Å². The van der Waals surface area contributed by atoms with Gasteiger partial charge in [-0.3, -0.25) is 9.78 Å². The number of aromatic hydroxyl groups is 1. The molecule has 0 unspecified atom stereocenters. The first-order valence-corrected chi connectivity index (χ1v) is 7.22. The number of para-hydroxylation sites is 1. The Kier molecular flexibility index (Phi) is 3.28. The number of hydrogen-bond acceptors (Lipinski definition) is 6. The normalized spacial score (nSPS) is 10.8. The molecular formula is C18H11N3O3. The summed E-state index contributed by atoms with van der Waals surface area (Å²) >= 11 is 0. The van der Waals surface area contributed by atoms with Crippen molar-refractivity contribution < 1.29 is 14.4 Å². The van der Waals surface area contributed by atoms with Crippen LogP contribution in [0.4, 0.5) is 0 Å². The Hall–Kier alpha value is -3.54. The number of phenolic OH excluding ortho intramolecular Hbond substituents is 1. The van der Waals surface area contributed by atoms with Crippen LogP contribution < -0.4 is 0 Å². The van der Waals surface area contributed by atoms with Gasteiger partial charge in [-0.25, -0.2) is 4.98 Å².